The van der Waals surface area contributed by atoms with Crippen molar-refractivity contribution in [1.82, 2.24) is 10.0 Å². The largest absolute Gasteiger partial charge is 0.373 e. The van der Waals surface area contributed by atoms with Crippen LogP contribution in [0.4, 0.5) is 0 Å². The molecule has 2 N–H and O–H groups in total. The zero-order chi connectivity index (χ0) is 17.9. The van der Waals surface area contributed by atoms with Crippen molar-refractivity contribution in [3.05, 3.63) is 29.8 Å². The highest BCUT2D eigenvalue weighted by Crippen LogP contribution is 2.26. The normalized spacial score (nSPS) is 26.7. The fraction of sp³-hybridized carbons (Fsp3) is 0.588. The van der Waals surface area contributed by atoms with Gasteiger partial charge in [0.15, 0.2) is 0 Å². The topological polar surface area (TPSA) is 93.7 Å². The molecule has 25 heavy (non-hydrogen) atoms. The fourth-order valence-electron chi connectivity index (χ4n) is 3.30. The van der Waals surface area contributed by atoms with E-state index in [1.807, 2.05) is 13.0 Å². The standard InChI is InChI=1S/C17H24N2O5S/c1-12-3-2-4-14(9-12)25(21,22)18-11-17(20)19-13-5-6-15-16(10-13)24-8-7-23-15/h2-4,9,13,15-16,18H,5-8,10-11H2,1H3,(H,19,20)/t13-,15+,16+/m1/s1. The van der Waals surface area contributed by atoms with Crippen LogP contribution in [0.1, 0.15) is 24.8 Å². The fourth-order valence-corrected chi connectivity index (χ4v) is 4.39. The predicted octanol–water partition coefficient (Wildman–Crippen LogP) is 0.726. The van der Waals surface area contributed by atoms with Crippen molar-refractivity contribution >= 4 is 15.9 Å². The summed E-state index contributed by atoms with van der Waals surface area (Å²) in [6.07, 6.45) is 2.46. The molecule has 1 aromatic rings. The lowest BCUT2D eigenvalue weighted by Crippen LogP contribution is -2.50. The molecular weight excluding hydrogens is 344 g/mol. The van der Waals surface area contributed by atoms with Crippen LogP contribution in [-0.2, 0) is 24.3 Å². The molecule has 1 amide bonds. The van der Waals surface area contributed by atoms with Gasteiger partial charge in [-0.15, -0.1) is 0 Å². The Hall–Kier alpha value is -1.48. The minimum Gasteiger partial charge on any atom is -0.373 e. The number of hydrogen-bond acceptors (Lipinski definition) is 5. The molecular formula is C17H24N2O5S. The first-order chi connectivity index (χ1) is 11.9. The van der Waals surface area contributed by atoms with Gasteiger partial charge in [0.05, 0.1) is 36.9 Å². The Morgan fingerprint density at radius 2 is 1.96 bits per heavy atom. The van der Waals surface area contributed by atoms with Gasteiger partial charge in [-0.2, -0.15) is 0 Å². The van der Waals surface area contributed by atoms with E-state index in [1.54, 1.807) is 12.1 Å². The summed E-state index contributed by atoms with van der Waals surface area (Å²) in [5, 5.41) is 2.89. The summed E-state index contributed by atoms with van der Waals surface area (Å²) in [5.74, 6) is -0.337. The Morgan fingerprint density at radius 3 is 2.72 bits per heavy atom. The van der Waals surface area contributed by atoms with Crippen LogP contribution in [0.15, 0.2) is 29.2 Å². The van der Waals surface area contributed by atoms with Gasteiger partial charge in [0.2, 0.25) is 15.9 Å². The van der Waals surface area contributed by atoms with Crippen LogP contribution in [0, 0.1) is 6.92 Å². The van der Waals surface area contributed by atoms with Gasteiger partial charge in [0.25, 0.3) is 0 Å². The summed E-state index contributed by atoms with van der Waals surface area (Å²) in [4.78, 5) is 12.3. The molecule has 1 heterocycles. The molecule has 138 valence electrons. The highest BCUT2D eigenvalue weighted by Gasteiger charge is 2.34. The molecule has 8 heteroatoms. The van der Waals surface area contributed by atoms with E-state index in [9.17, 15) is 13.2 Å². The summed E-state index contributed by atoms with van der Waals surface area (Å²) < 4.78 is 38.2. The van der Waals surface area contributed by atoms with E-state index in [-0.39, 0.29) is 35.6 Å². The maximum atomic E-state index is 12.2. The number of rotatable bonds is 5. The molecule has 1 aliphatic heterocycles. The van der Waals surface area contributed by atoms with Gasteiger partial charge in [0, 0.05) is 6.04 Å². The molecule has 1 saturated heterocycles. The molecule has 3 atom stereocenters. The van der Waals surface area contributed by atoms with Crippen molar-refractivity contribution in [3.63, 3.8) is 0 Å². The zero-order valence-electron chi connectivity index (χ0n) is 14.2. The Balaban J connectivity index is 1.49. The molecule has 0 unspecified atom stereocenters. The third-order valence-corrected chi connectivity index (χ3v) is 5.96. The number of aryl methyl sites for hydroxylation is 1. The highest BCUT2D eigenvalue weighted by atomic mass is 32.2. The molecule has 2 aliphatic rings. The monoisotopic (exact) mass is 368 g/mol. The number of hydrogen-bond donors (Lipinski definition) is 2. The van der Waals surface area contributed by atoms with Crippen molar-refractivity contribution in [1.29, 1.82) is 0 Å². The Morgan fingerprint density at radius 1 is 1.20 bits per heavy atom. The predicted molar refractivity (Wildman–Crippen MR) is 91.6 cm³/mol. The SMILES string of the molecule is Cc1cccc(S(=O)(=O)NCC(=O)N[C@@H]2CC[C@@H]3OCCO[C@H]3C2)c1. The van der Waals surface area contributed by atoms with E-state index in [4.69, 9.17) is 9.47 Å². The van der Waals surface area contributed by atoms with Gasteiger partial charge in [0.1, 0.15) is 0 Å². The molecule has 0 bridgehead atoms. The molecule has 1 aliphatic carbocycles. The van der Waals surface area contributed by atoms with Gasteiger partial charge >= 0.3 is 0 Å². The van der Waals surface area contributed by atoms with Gasteiger partial charge < -0.3 is 14.8 Å². The maximum absolute atomic E-state index is 12.2. The molecule has 3 rings (SSSR count). The number of carbonyl (C=O) groups is 1. The van der Waals surface area contributed by atoms with Gasteiger partial charge in [-0.3, -0.25) is 4.79 Å². The third kappa shape index (κ3) is 4.78. The molecule has 1 aromatic carbocycles. The van der Waals surface area contributed by atoms with E-state index in [1.165, 1.54) is 6.07 Å². The summed E-state index contributed by atoms with van der Waals surface area (Å²) in [6.45, 7) is 2.74. The van der Waals surface area contributed by atoms with Crippen molar-refractivity contribution in [2.24, 2.45) is 0 Å². The van der Waals surface area contributed by atoms with Crippen molar-refractivity contribution in [2.75, 3.05) is 19.8 Å². The van der Waals surface area contributed by atoms with Crippen LogP contribution in [0.3, 0.4) is 0 Å². The van der Waals surface area contributed by atoms with Crippen LogP contribution >= 0.6 is 0 Å². The summed E-state index contributed by atoms with van der Waals surface area (Å²) in [6, 6.07) is 6.56. The third-order valence-electron chi connectivity index (χ3n) is 4.57. The number of ether oxygens (including phenoxy) is 2. The molecule has 2 fully saturated rings. The molecule has 7 nitrogen and oxygen atoms in total. The van der Waals surface area contributed by atoms with Crippen LogP contribution in [0.2, 0.25) is 0 Å². The zero-order valence-corrected chi connectivity index (χ0v) is 15.1. The van der Waals surface area contributed by atoms with E-state index >= 15 is 0 Å². The van der Waals surface area contributed by atoms with E-state index in [0.717, 1.165) is 18.4 Å². The second-order valence-corrected chi connectivity index (χ2v) is 8.30. The van der Waals surface area contributed by atoms with Crippen LogP contribution in [0.25, 0.3) is 0 Å². The Bertz CT molecular complexity index is 722. The summed E-state index contributed by atoms with van der Waals surface area (Å²) in [7, 11) is -3.69. The van der Waals surface area contributed by atoms with Crippen molar-refractivity contribution in [3.8, 4) is 0 Å². The van der Waals surface area contributed by atoms with Crippen molar-refractivity contribution in [2.45, 2.75) is 49.3 Å². The lowest BCUT2D eigenvalue weighted by atomic mass is 9.89. The van der Waals surface area contributed by atoms with Crippen molar-refractivity contribution < 1.29 is 22.7 Å². The Labute approximate surface area is 148 Å². The molecule has 0 aromatic heterocycles. The minimum atomic E-state index is -3.69. The lowest BCUT2D eigenvalue weighted by molar-refractivity contribution is -0.158. The number of carbonyl (C=O) groups excluding carboxylic acids is 1. The van der Waals surface area contributed by atoms with E-state index in [0.29, 0.717) is 19.6 Å². The number of sulfonamides is 1. The molecule has 0 radical (unpaired) electrons. The summed E-state index contributed by atoms with van der Waals surface area (Å²) in [5.41, 5.74) is 0.846. The van der Waals surface area contributed by atoms with Crippen LogP contribution < -0.4 is 10.0 Å². The first-order valence-electron chi connectivity index (χ1n) is 8.53. The van der Waals surface area contributed by atoms with E-state index in [2.05, 4.69) is 10.0 Å². The van der Waals surface area contributed by atoms with Crippen LogP contribution in [-0.4, -0.2) is 52.3 Å². The lowest BCUT2D eigenvalue weighted by Gasteiger charge is -2.39. The first-order valence-corrected chi connectivity index (χ1v) is 10.0. The smallest absolute Gasteiger partial charge is 0.241 e. The number of benzene rings is 1. The number of amides is 1. The second kappa shape index (κ2) is 7.82. The Kier molecular flexibility index (Phi) is 5.73. The average Bonchev–Trinajstić information content (AvgIpc) is 2.60. The summed E-state index contributed by atoms with van der Waals surface area (Å²) >= 11 is 0. The molecule has 0 spiro atoms. The second-order valence-electron chi connectivity index (χ2n) is 6.54. The van der Waals surface area contributed by atoms with E-state index < -0.39 is 10.0 Å². The first kappa shape index (κ1) is 18.3. The molecule has 1 saturated carbocycles. The quantitative estimate of drug-likeness (QED) is 0.799. The minimum absolute atomic E-state index is 0.0109. The van der Waals surface area contributed by atoms with Gasteiger partial charge in [-0.1, -0.05) is 12.1 Å². The number of fused-ring (bicyclic) bond motifs is 1. The van der Waals surface area contributed by atoms with Crippen LogP contribution in [0.5, 0.6) is 0 Å². The van der Waals surface area contributed by atoms with Gasteiger partial charge in [-0.05, 0) is 43.9 Å². The highest BCUT2D eigenvalue weighted by molar-refractivity contribution is 7.89. The maximum Gasteiger partial charge on any atom is 0.241 e. The van der Waals surface area contributed by atoms with Gasteiger partial charge in [-0.25, -0.2) is 13.1 Å². The number of nitrogens with one attached hydrogen (secondary N) is 2. The average molecular weight is 368 g/mol.